The van der Waals surface area contributed by atoms with Crippen LogP contribution in [0.1, 0.15) is 6.42 Å². The summed E-state index contributed by atoms with van der Waals surface area (Å²) in [5.74, 6) is -1.38. The van der Waals surface area contributed by atoms with Gasteiger partial charge in [0.25, 0.3) is 0 Å². The summed E-state index contributed by atoms with van der Waals surface area (Å²) >= 11 is 0. The van der Waals surface area contributed by atoms with E-state index < -0.39 is 17.9 Å². The zero-order valence-corrected chi connectivity index (χ0v) is 5.70. The smallest absolute Gasteiger partial charge is 0.250 e. The third-order valence-electron chi connectivity index (χ3n) is 0.937. The van der Waals surface area contributed by atoms with Crippen molar-refractivity contribution >= 4 is 11.8 Å². The van der Waals surface area contributed by atoms with Gasteiger partial charge in [-0.05, 0) is 0 Å². The van der Waals surface area contributed by atoms with Gasteiger partial charge in [-0.2, -0.15) is 5.26 Å². The maximum atomic E-state index is 10.6. The number of nitriles is 1. The molecule has 6 nitrogen and oxygen atoms in total. The Hall–Kier alpha value is -1.61. The number of nitrogens with zero attached hydrogens (tertiary/aromatic N) is 1. The van der Waals surface area contributed by atoms with E-state index in [4.69, 9.17) is 16.7 Å². The molecule has 0 spiro atoms. The summed E-state index contributed by atoms with van der Waals surface area (Å²) in [7, 11) is 0. The number of amides is 2. The molecule has 11 heavy (non-hydrogen) atoms. The molecule has 0 aliphatic heterocycles. The third-order valence-corrected chi connectivity index (χ3v) is 0.937. The summed E-state index contributed by atoms with van der Waals surface area (Å²) in [5.41, 5.74) is 9.89. The molecule has 0 saturated heterocycles. The molecule has 0 radical (unpaired) electrons. The largest absolute Gasteiger partial charge is 0.370 e. The average molecular weight is 156 g/mol. The molecule has 0 bridgehead atoms. The Labute approximate surface area is 63.1 Å². The van der Waals surface area contributed by atoms with Crippen LogP contribution >= 0.6 is 0 Å². The van der Waals surface area contributed by atoms with Crippen molar-refractivity contribution in [2.45, 2.75) is 12.5 Å². The van der Waals surface area contributed by atoms with E-state index in [0.717, 1.165) is 0 Å². The molecule has 0 fully saturated rings. The molecule has 0 aliphatic rings. The lowest BCUT2D eigenvalue weighted by atomic mass is 10.2. The molecular formula is C5H8N4O2. The van der Waals surface area contributed by atoms with Crippen LogP contribution in [0.25, 0.3) is 0 Å². The van der Waals surface area contributed by atoms with Crippen LogP contribution in [-0.4, -0.2) is 17.9 Å². The Bertz CT molecular complexity index is 207. The van der Waals surface area contributed by atoms with Gasteiger partial charge in [0.1, 0.15) is 0 Å². The highest BCUT2D eigenvalue weighted by atomic mass is 16.2. The summed E-state index contributed by atoms with van der Waals surface area (Å²) in [6.07, 6.45) is 1.13. The fourth-order valence-electron chi connectivity index (χ4n) is 0.457. The lowest BCUT2D eigenvalue weighted by molar-refractivity contribution is -0.125. The molecule has 0 rings (SSSR count). The Morgan fingerprint density at radius 2 is 2.18 bits per heavy atom. The summed E-state index contributed by atoms with van der Waals surface area (Å²) in [6, 6.07) is -1.04. The summed E-state index contributed by atoms with van der Waals surface area (Å²) < 4.78 is 0. The van der Waals surface area contributed by atoms with Crippen LogP contribution in [0.15, 0.2) is 0 Å². The van der Waals surface area contributed by atoms with Crippen molar-refractivity contribution in [3.05, 3.63) is 0 Å². The molecule has 0 aromatic carbocycles. The van der Waals surface area contributed by atoms with Crippen molar-refractivity contribution in [1.82, 2.24) is 5.32 Å². The van der Waals surface area contributed by atoms with Crippen LogP contribution in [0, 0.1) is 11.5 Å². The van der Waals surface area contributed by atoms with E-state index in [1.54, 1.807) is 5.32 Å². The molecular weight excluding hydrogens is 148 g/mol. The number of rotatable bonds is 3. The van der Waals surface area contributed by atoms with Crippen LogP contribution in [0.3, 0.4) is 0 Å². The number of carbonyl (C=O) groups is 2. The molecule has 0 aliphatic carbocycles. The van der Waals surface area contributed by atoms with E-state index >= 15 is 0 Å². The van der Waals surface area contributed by atoms with Crippen LogP contribution in [-0.2, 0) is 9.59 Å². The quantitative estimate of drug-likeness (QED) is 0.316. The fraction of sp³-hybridized carbons (Fsp3) is 0.400. The molecule has 0 aromatic heterocycles. The Balaban J connectivity index is 3.85. The Morgan fingerprint density at radius 3 is 2.55 bits per heavy atom. The zero-order valence-electron chi connectivity index (χ0n) is 5.70. The molecule has 0 aromatic rings. The fourth-order valence-corrected chi connectivity index (χ4v) is 0.457. The van der Waals surface area contributed by atoms with E-state index in [1.165, 1.54) is 6.19 Å². The van der Waals surface area contributed by atoms with Crippen molar-refractivity contribution in [1.29, 1.82) is 5.26 Å². The minimum atomic E-state index is -1.04. The van der Waals surface area contributed by atoms with Crippen molar-refractivity contribution in [3.63, 3.8) is 0 Å². The van der Waals surface area contributed by atoms with Crippen molar-refractivity contribution in [3.8, 4) is 6.19 Å². The highest BCUT2D eigenvalue weighted by molar-refractivity contribution is 5.88. The molecule has 60 valence electrons. The second-order valence-electron chi connectivity index (χ2n) is 1.88. The van der Waals surface area contributed by atoms with Gasteiger partial charge in [0.05, 0.1) is 12.5 Å². The standard InChI is InChI=1S/C5H8N4O2/c6-2-9-5(11)3(7)1-4(8)10/h3H,1,7H2,(H2,8,10)(H,9,11). The highest BCUT2D eigenvalue weighted by Gasteiger charge is 2.14. The number of hydrogen-bond acceptors (Lipinski definition) is 4. The van der Waals surface area contributed by atoms with Gasteiger partial charge in [-0.15, -0.1) is 0 Å². The topological polar surface area (TPSA) is 122 Å². The second kappa shape index (κ2) is 4.24. The molecule has 1 atom stereocenters. The maximum Gasteiger partial charge on any atom is 0.250 e. The van der Waals surface area contributed by atoms with E-state index in [1.807, 2.05) is 0 Å². The summed E-state index contributed by atoms with van der Waals surface area (Å²) in [6.45, 7) is 0. The van der Waals surface area contributed by atoms with Crippen molar-refractivity contribution < 1.29 is 9.59 Å². The van der Waals surface area contributed by atoms with Crippen molar-refractivity contribution in [2.75, 3.05) is 0 Å². The van der Waals surface area contributed by atoms with Gasteiger partial charge in [-0.25, -0.2) is 0 Å². The van der Waals surface area contributed by atoms with E-state index in [0.29, 0.717) is 0 Å². The van der Waals surface area contributed by atoms with Crippen LogP contribution in [0.5, 0.6) is 0 Å². The predicted octanol–water partition coefficient (Wildman–Crippen LogP) is -2.21. The number of nitrogens with two attached hydrogens (primary N) is 2. The zero-order chi connectivity index (χ0) is 8.85. The van der Waals surface area contributed by atoms with Gasteiger partial charge in [0, 0.05) is 0 Å². The Kier molecular flexibility index (Phi) is 3.62. The normalized spacial score (nSPS) is 11.3. The highest BCUT2D eigenvalue weighted by Crippen LogP contribution is 1.85. The third kappa shape index (κ3) is 3.89. The van der Waals surface area contributed by atoms with Crippen LogP contribution < -0.4 is 16.8 Å². The number of primary amides is 1. The van der Waals surface area contributed by atoms with E-state index in [2.05, 4.69) is 0 Å². The molecule has 6 heteroatoms. The number of hydrogen-bond donors (Lipinski definition) is 3. The number of nitrogens with one attached hydrogen (secondary N) is 1. The molecule has 1 unspecified atom stereocenters. The van der Waals surface area contributed by atoms with Gasteiger partial charge >= 0.3 is 0 Å². The van der Waals surface area contributed by atoms with Gasteiger partial charge in [0.2, 0.25) is 11.8 Å². The minimum Gasteiger partial charge on any atom is -0.370 e. The Morgan fingerprint density at radius 1 is 1.64 bits per heavy atom. The first-order valence-corrected chi connectivity index (χ1v) is 2.80. The summed E-state index contributed by atoms with van der Waals surface area (Å²) in [5, 5.41) is 9.75. The van der Waals surface area contributed by atoms with Crippen LogP contribution in [0.4, 0.5) is 0 Å². The predicted molar refractivity (Wildman–Crippen MR) is 35.5 cm³/mol. The molecule has 2 amide bonds. The lowest BCUT2D eigenvalue weighted by Crippen LogP contribution is -2.41. The van der Waals surface area contributed by atoms with E-state index in [9.17, 15) is 9.59 Å². The summed E-state index contributed by atoms with van der Waals surface area (Å²) in [4.78, 5) is 20.8. The van der Waals surface area contributed by atoms with Gasteiger partial charge in [-0.1, -0.05) is 0 Å². The SMILES string of the molecule is N#CNC(=O)C(N)CC(N)=O. The molecule has 0 heterocycles. The van der Waals surface area contributed by atoms with Gasteiger partial charge < -0.3 is 11.5 Å². The first-order chi connectivity index (χ1) is 5.07. The van der Waals surface area contributed by atoms with E-state index in [-0.39, 0.29) is 6.42 Å². The monoisotopic (exact) mass is 156 g/mol. The first-order valence-electron chi connectivity index (χ1n) is 2.80. The first kappa shape index (κ1) is 9.39. The number of carbonyl (C=O) groups excluding carboxylic acids is 2. The average Bonchev–Trinajstić information content (AvgIpc) is 1.86. The molecule has 0 saturated carbocycles. The minimum absolute atomic E-state index is 0.256. The van der Waals surface area contributed by atoms with Crippen molar-refractivity contribution in [2.24, 2.45) is 11.5 Å². The maximum absolute atomic E-state index is 10.6. The second-order valence-corrected chi connectivity index (χ2v) is 1.88. The van der Waals surface area contributed by atoms with Gasteiger partial charge in [0.15, 0.2) is 6.19 Å². The molecule has 5 N–H and O–H groups in total. The van der Waals surface area contributed by atoms with Crippen LogP contribution in [0.2, 0.25) is 0 Å². The lowest BCUT2D eigenvalue weighted by Gasteiger charge is -2.04. The van der Waals surface area contributed by atoms with Gasteiger partial charge in [-0.3, -0.25) is 14.9 Å².